The minimum atomic E-state index is -4.38. The number of rotatable bonds is 3. The van der Waals surface area contributed by atoms with Crippen molar-refractivity contribution >= 4 is 45.1 Å². The fourth-order valence-corrected chi connectivity index (χ4v) is 2.35. The number of halogens is 5. The molecule has 1 nitrogen and oxygen atoms in total. The second-order valence-corrected chi connectivity index (χ2v) is 5.61. The van der Waals surface area contributed by atoms with Gasteiger partial charge in [0.1, 0.15) is 5.38 Å². The van der Waals surface area contributed by atoms with Gasteiger partial charge in [-0.15, -0.1) is 11.6 Å². The third-order valence-corrected chi connectivity index (χ3v) is 4.13. The third kappa shape index (κ3) is 4.52. The van der Waals surface area contributed by atoms with Gasteiger partial charge in [0.05, 0.1) is 0 Å². The maximum atomic E-state index is 12.3. The van der Waals surface area contributed by atoms with Crippen LogP contribution < -0.4 is 0 Å². The molecule has 1 rings (SSSR count). The fourth-order valence-electron chi connectivity index (χ4n) is 1.12. The zero-order valence-corrected chi connectivity index (χ0v) is 11.7. The highest BCUT2D eigenvalue weighted by Crippen LogP contribution is 2.41. The van der Waals surface area contributed by atoms with E-state index in [1.54, 1.807) is 0 Å². The quantitative estimate of drug-likeness (QED) is 0.569. The fraction of sp³-hybridized carbons (Fsp3) is 0.300. The van der Waals surface area contributed by atoms with Crippen molar-refractivity contribution < 1.29 is 18.0 Å². The Bertz CT molecular complexity index is 436. The largest absolute Gasteiger partial charge is 0.446 e. The molecule has 17 heavy (non-hydrogen) atoms. The first-order chi connectivity index (χ1) is 7.70. The first-order valence-electron chi connectivity index (χ1n) is 4.40. The number of hydrogen-bond donors (Lipinski definition) is 0. The van der Waals surface area contributed by atoms with Crippen LogP contribution in [0.4, 0.5) is 13.2 Å². The SMILES string of the molecule is CC(=O)C(Cl)c1ccc(Br)c(SC(F)(F)F)c1. The molecule has 0 aliphatic carbocycles. The van der Waals surface area contributed by atoms with Crippen molar-refractivity contribution in [1.29, 1.82) is 0 Å². The Labute approximate surface area is 114 Å². The predicted molar refractivity (Wildman–Crippen MR) is 65.3 cm³/mol. The summed E-state index contributed by atoms with van der Waals surface area (Å²) in [5.41, 5.74) is -4.02. The summed E-state index contributed by atoms with van der Waals surface area (Å²) < 4.78 is 37.1. The van der Waals surface area contributed by atoms with Crippen LogP contribution in [0.2, 0.25) is 0 Å². The van der Waals surface area contributed by atoms with Crippen molar-refractivity contribution in [3.63, 3.8) is 0 Å². The van der Waals surface area contributed by atoms with Crippen LogP contribution in [0.3, 0.4) is 0 Å². The van der Waals surface area contributed by atoms with E-state index in [0.717, 1.165) is 0 Å². The number of Topliss-reactive ketones (excluding diaryl/α,β-unsaturated/α-hetero) is 1. The molecular formula is C10H7BrClF3OS. The number of hydrogen-bond acceptors (Lipinski definition) is 2. The monoisotopic (exact) mass is 346 g/mol. The van der Waals surface area contributed by atoms with E-state index < -0.39 is 10.9 Å². The van der Waals surface area contributed by atoms with E-state index >= 15 is 0 Å². The Morgan fingerprint density at radius 1 is 1.47 bits per heavy atom. The molecule has 0 N–H and O–H groups in total. The lowest BCUT2D eigenvalue weighted by Gasteiger charge is -2.11. The van der Waals surface area contributed by atoms with Gasteiger partial charge in [0, 0.05) is 9.37 Å². The highest BCUT2D eigenvalue weighted by atomic mass is 79.9. The maximum Gasteiger partial charge on any atom is 0.446 e. The molecule has 7 heteroatoms. The maximum absolute atomic E-state index is 12.3. The van der Waals surface area contributed by atoms with Gasteiger partial charge in [-0.3, -0.25) is 4.79 Å². The zero-order valence-electron chi connectivity index (χ0n) is 8.52. The summed E-state index contributed by atoms with van der Waals surface area (Å²) in [6.07, 6.45) is 0. The minimum Gasteiger partial charge on any atom is -0.298 e. The van der Waals surface area contributed by atoms with E-state index in [1.165, 1.54) is 25.1 Å². The lowest BCUT2D eigenvalue weighted by atomic mass is 10.1. The van der Waals surface area contributed by atoms with Crippen molar-refractivity contribution in [2.45, 2.75) is 22.7 Å². The molecule has 1 aromatic carbocycles. The Hall–Kier alpha value is -0.200. The standard InChI is InChI=1S/C10H7BrClF3OS/c1-5(16)9(12)6-2-3-7(11)8(4-6)17-10(13,14)15/h2-4,9H,1H3. The number of carbonyl (C=O) groups excluding carboxylic acids is 1. The summed E-state index contributed by atoms with van der Waals surface area (Å²) in [4.78, 5) is 11.0. The molecule has 0 aromatic heterocycles. The molecule has 0 bridgehead atoms. The molecule has 0 heterocycles. The molecule has 1 aromatic rings. The van der Waals surface area contributed by atoms with Gasteiger partial charge in [-0.2, -0.15) is 13.2 Å². The summed E-state index contributed by atoms with van der Waals surface area (Å²) >= 11 is 8.56. The predicted octanol–water partition coefficient (Wildman–Crippen LogP) is 4.93. The number of carbonyl (C=O) groups is 1. The van der Waals surface area contributed by atoms with E-state index in [1.807, 2.05) is 0 Å². The first kappa shape index (κ1) is 14.9. The molecule has 1 atom stereocenters. The Kier molecular flexibility index (Phi) is 4.92. The topological polar surface area (TPSA) is 17.1 Å². The Morgan fingerprint density at radius 3 is 2.53 bits per heavy atom. The molecule has 0 aliphatic heterocycles. The van der Waals surface area contributed by atoms with Crippen molar-refractivity contribution in [3.8, 4) is 0 Å². The zero-order chi connectivity index (χ0) is 13.2. The molecule has 0 spiro atoms. The smallest absolute Gasteiger partial charge is 0.298 e. The molecule has 0 aliphatic rings. The van der Waals surface area contributed by atoms with Crippen LogP contribution in [0.25, 0.3) is 0 Å². The Balaban J connectivity index is 3.06. The van der Waals surface area contributed by atoms with Crippen LogP contribution in [0, 0.1) is 0 Å². The van der Waals surface area contributed by atoms with Crippen LogP contribution in [0.5, 0.6) is 0 Å². The van der Waals surface area contributed by atoms with Gasteiger partial charge in [-0.25, -0.2) is 0 Å². The van der Waals surface area contributed by atoms with Crippen molar-refractivity contribution in [3.05, 3.63) is 28.2 Å². The molecule has 1 unspecified atom stereocenters. The van der Waals surface area contributed by atoms with Crippen molar-refractivity contribution in [1.82, 2.24) is 0 Å². The highest BCUT2D eigenvalue weighted by molar-refractivity contribution is 9.10. The lowest BCUT2D eigenvalue weighted by molar-refractivity contribution is -0.116. The average Bonchev–Trinajstić information content (AvgIpc) is 2.18. The van der Waals surface area contributed by atoms with Gasteiger partial charge in [0.15, 0.2) is 5.78 Å². The second-order valence-electron chi connectivity index (χ2n) is 3.21. The van der Waals surface area contributed by atoms with Gasteiger partial charge >= 0.3 is 5.51 Å². The van der Waals surface area contributed by atoms with E-state index in [0.29, 0.717) is 10.0 Å². The summed E-state index contributed by atoms with van der Waals surface area (Å²) in [7, 11) is 0. The first-order valence-corrected chi connectivity index (χ1v) is 6.45. The second kappa shape index (κ2) is 5.63. The summed E-state index contributed by atoms with van der Waals surface area (Å²) in [5.74, 6) is -0.308. The van der Waals surface area contributed by atoms with Gasteiger partial charge in [0.25, 0.3) is 0 Å². The third-order valence-electron chi connectivity index (χ3n) is 1.83. The van der Waals surface area contributed by atoms with E-state index in [2.05, 4.69) is 15.9 Å². The molecule has 0 fully saturated rings. The van der Waals surface area contributed by atoms with Crippen LogP contribution >= 0.6 is 39.3 Å². The molecule has 0 saturated carbocycles. The number of thioether (sulfide) groups is 1. The average molecular weight is 348 g/mol. The van der Waals surface area contributed by atoms with E-state index in [9.17, 15) is 18.0 Å². The summed E-state index contributed by atoms with van der Waals surface area (Å²) in [6.45, 7) is 1.29. The number of ketones is 1. The lowest BCUT2D eigenvalue weighted by Crippen LogP contribution is -2.03. The van der Waals surface area contributed by atoms with E-state index in [-0.39, 0.29) is 22.4 Å². The van der Waals surface area contributed by atoms with Crippen molar-refractivity contribution in [2.75, 3.05) is 0 Å². The highest BCUT2D eigenvalue weighted by Gasteiger charge is 2.30. The molecule has 0 radical (unpaired) electrons. The van der Waals surface area contributed by atoms with Crippen molar-refractivity contribution in [2.24, 2.45) is 0 Å². The molecular weight excluding hydrogens is 341 g/mol. The summed E-state index contributed by atoms with van der Waals surface area (Å²) in [5, 5.41) is -0.921. The van der Waals surface area contributed by atoms with Gasteiger partial charge in [-0.1, -0.05) is 6.07 Å². The number of alkyl halides is 4. The normalized spacial score (nSPS) is 13.5. The van der Waals surface area contributed by atoms with Gasteiger partial charge in [0.2, 0.25) is 0 Å². The van der Waals surface area contributed by atoms with Gasteiger partial charge in [-0.05, 0) is 52.3 Å². The van der Waals surface area contributed by atoms with Gasteiger partial charge < -0.3 is 0 Å². The van der Waals surface area contributed by atoms with E-state index in [4.69, 9.17) is 11.6 Å². The molecule has 0 amide bonds. The summed E-state index contributed by atoms with van der Waals surface area (Å²) in [6, 6.07) is 4.23. The van der Waals surface area contributed by atoms with Crippen LogP contribution in [0.15, 0.2) is 27.6 Å². The van der Waals surface area contributed by atoms with Crippen LogP contribution in [0.1, 0.15) is 17.9 Å². The van der Waals surface area contributed by atoms with Crippen LogP contribution in [-0.4, -0.2) is 11.3 Å². The minimum absolute atomic E-state index is 0.0121. The number of benzene rings is 1. The van der Waals surface area contributed by atoms with Crippen LogP contribution in [-0.2, 0) is 4.79 Å². The molecule has 0 saturated heterocycles. The molecule has 94 valence electrons. The Morgan fingerprint density at radius 2 is 2.06 bits per heavy atom.